The molecule has 0 aliphatic carbocycles. The van der Waals surface area contributed by atoms with Crippen LogP contribution >= 0.6 is 11.6 Å². The van der Waals surface area contributed by atoms with Crippen LogP contribution in [0.15, 0.2) is 53.5 Å². The lowest BCUT2D eigenvalue weighted by Crippen LogP contribution is -2.41. The zero-order valence-electron chi connectivity index (χ0n) is 17.6. The molecule has 1 aliphatic heterocycles. The first-order valence-corrected chi connectivity index (χ1v) is 10.6. The Hall–Kier alpha value is -2.73. The second kappa shape index (κ2) is 10.9. The fourth-order valence-electron chi connectivity index (χ4n) is 3.43. The molecule has 0 saturated carbocycles. The number of ether oxygens (including phenoxy) is 1. The first-order chi connectivity index (χ1) is 14.6. The Bertz CT molecular complexity index is 845. The SMILES string of the molecule is CN=C(NCCCC(=O)N1Cc2ccccc2C1)N(C)CCOc1ccc(Cl)cc1. The number of halogens is 1. The third-order valence-corrected chi connectivity index (χ3v) is 5.38. The first kappa shape index (κ1) is 22.0. The third kappa shape index (κ3) is 6.13. The average molecular weight is 429 g/mol. The summed E-state index contributed by atoms with van der Waals surface area (Å²) in [4.78, 5) is 20.7. The molecule has 0 saturated heterocycles. The Labute approximate surface area is 183 Å². The molecule has 0 unspecified atom stereocenters. The number of guanidine groups is 1. The van der Waals surface area contributed by atoms with Gasteiger partial charge in [-0.15, -0.1) is 0 Å². The first-order valence-electron chi connectivity index (χ1n) is 10.2. The molecule has 1 N–H and O–H groups in total. The maximum absolute atomic E-state index is 12.5. The second-order valence-corrected chi connectivity index (χ2v) is 7.76. The molecule has 160 valence electrons. The van der Waals surface area contributed by atoms with Gasteiger partial charge < -0.3 is 19.9 Å². The van der Waals surface area contributed by atoms with E-state index in [9.17, 15) is 4.79 Å². The van der Waals surface area contributed by atoms with Gasteiger partial charge in [-0.1, -0.05) is 35.9 Å². The van der Waals surface area contributed by atoms with Gasteiger partial charge in [0.15, 0.2) is 5.96 Å². The number of rotatable bonds is 8. The molecule has 30 heavy (non-hydrogen) atoms. The van der Waals surface area contributed by atoms with E-state index in [1.54, 1.807) is 7.05 Å². The van der Waals surface area contributed by atoms with E-state index in [1.807, 2.05) is 53.2 Å². The Morgan fingerprint density at radius 3 is 2.47 bits per heavy atom. The highest BCUT2D eigenvalue weighted by atomic mass is 35.5. The smallest absolute Gasteiger partial charge is 0.223 e. The molecule has 0 atom stereocenters. The Balaban J connectivity index is 1.33. The largest absolute Gasteiger partial charge is 0.492 e. The van der Waals surface area contributed by atoms with Gasteiger partial charge in [-0.25, -0.2) is 0 Å². The normalized spacial score (nSPS) is 13.2. The zero-order valence-corrected chi connectivity index (χ0v) is 18.4. The molecule has 7 heteroatoms. The number of hydrogen-bond donors (Lipinski definition) is 1. The number of hydrogen-bond acceptors (Lipinski definition) is 3. The van der Waals surface area contributed by atoms with Crippen molar-refractivity contribution in [1.82, 2.24) is 15.1 Å². The lowest BCUT2D eigenvalue weighted by atomic mass is 10.1. The predicted molar refractivity (Wildman–Crippen MR) is 121 cm³/mol. The molecule has 3 rings (SSSR count). The van der Waals surface area contributed by atoms with Gasteiger partial charge in [-0.2, -0.15) is 0 Å². The lowest BCUT2D eigenvalue weighted by Gasteiger charge is -2.22. The van der Waals surface area contributed by atoms with E-state index >= 15 is 0 Å². The molecule has 1 amide bonds. The zero-order chi connectivity index (χ0) is 21.3. The van der Waals surface area contributed by atoms with Gasteiger partial charge in [0.05, 0.1) is 6.54 Å². The number of nitrogens with zero attached hydrogens (tertiary/aromatic N) is 3. The average Bonchev–Trinajstić information content (AvgIpc) is 3.19. The van der Waals surface area contributed by atoms with Crippen molar-refractivity contribution < 1.29 is 9.53 Å². The summed E-state index contributed by atoms with van der Waals surface area (Å²) < 4.78 is 5.73. The van der Waals surface area contributed by atoms with E-state index in [-0.39, 0.29) is 5.91 Å². The van der Waals surface area contributed by atoms with Crippen LogP contribution in [-0.2, 0) is 17.9 Å². The number of benzene rings is 2. The monoisotopic (exact) mass is 428 g/mol. The number of aliphatic imine (C=N–C) groups is 1. The topological polar surface area (TPSA) is 57.2 Å². The maximum atomic E-state index is 12.5. The van der Waals surface area contributed by atoms with Crippen LogP contribution in [0.3, 0.4) is 0 Å². The van der Waals surface area contributed by atoms with E-state index in [2.05, 4.69) is 22.4 Å². The minimum atomic E-state index is 0.202. The van der Waals surface area contributed by atoms with Crippen LogP contribution in [0.25, 0.3) is 0 Å². The summed E-state index contributed by atoms with van der Waals surface area (Å²) in [6.45, 7) is 3.36. The number of fused-ring (bicyclic) bond motifs is 1. The van der Waals surface area contributed by atoms with Crippen molar-refractivity contribution in [2.45, 2.75) is 25.9 Å². The summed E-state index contributed by atoms with van der Waals surface area (Å²) in [5.74, 6) is 1.78. The van der Waals surface area contributed by atoms with Crippen LogP contribution in [0.2, 0.25) is 5.02 Å². The highest BCUT2D eigenvalue weighted by Crippen LogP contribution is 2.22. The number of likely N-dealkylation sites (N-methyl/N-ethyl adjacent to an activating group) is 1. The van der Waals surface area contributed by atoms with Gasteiger partial charge in [-0.05, 0) is 41.8 Å². The minimum absolute atomic E-state index is 0.202. The van der Waals surface area contributed by atoms with Crippen LogP contribution in [0.4, 0.5) is 0 Å². The fourth-order valence-corrected chi connectivity index (χ4v) is 3.56. The molecule has 1 heterocycles. The van der Waals surface area contributed by atoms with Crippen molar-refractivity contribution >= 4 is 23.5 Å². The summed E-state index contributed by atoms with van der Waals surface area (Å²) in [7, 11) is 3.72. The molecular formula is C23H29ClN4O2. The van der Waals surface area contributed by atoms with Crippen molar-refractivity contribution in [3.05, 3.63) is 64.7 Å². The third-order valence-electron chi connectivity index (χ3n) is 5.13. The molecule has 0 aromatic heterocycles. The van der Waals surface area contributed by atoms with Gasteiger partial charge in [0.1, 0.15) is 12.4 Å². The van der Waals surface area contributed by atoms with Crippen molar-refractivity contribution in [2.75, 3.05) is 33.8 Å². The van der Waals surface area contributed by atoms with Crippen molar-refractivity contribution in [2.24, 2.45) is 4.99 Å². The van der Waals surface area contributed by atoms with E-state index in [1.165, 1.54) is 11.1 Å². The molecule has 0 spiro atoms. The summed E-state index contributed by atoms with van der Waals surface area (Å²) >= 11 is 5.88. The number of carbonyl (C=O) groups is 1. The van der Waals surface area contributed by atoms with E-state index in [0.717, 1.165) is 31.2 Å². The summed E-state index contributed by atoms with van der Waals surface area (Å²) in [5.41, 5.74) is 2.51. The standard InChI is InChI=1S/C23H29ClN4O2/c1-25-23(27(2)14-15-30-21-11-9-20(24)10-12-21)26-13-5-8-22(29)28-16-18-6-3-4-7-19(18)17-28/h3-4,6-7,9-12H,5,8,13-17H2,1-2H3,(H,25,26). The number of carbonyl (C=O) groups excluding carboxylic acids is 1. The van der Waals surface area contributed by atoms with Gasteiger partial charge in [-0.3, -0.25) is 9.79 Å². The lowest BCUT2D eigenvalue weighted by molar-refractivity contribution is -0.131. The van der Waals surface area contributed by atoms with Crippen molar-refractivity contribution in [1.29, 1.82) is 0 Å². The molecule has 0 bridgehead atoms. The van der Waals surface area contributed by atoms with E-state index in [4.69, 9.17) is 16.3 Å². The summed E-state index contributed by atoms with van der Waals surface area (Å²) in [6, 6.07) is 15.6. The van der Waals surface area contributed by atoms with Crippen molar-refractivity contribution in [3.63, 3.8) is 0 Å². The summed E-state index contributed by atoms with van der Waals surface area (Å²) in [5, 5.41) is 4.01. The molecule has 0 fully saturated rings. The predicted octanol–water partition coefficient (Wildman–Crippen LogP) is 3.55. The highest BCUT2D eigenvalue weighted by molar-refractivity contribution is 6.30. The Morgan fingerprint density at radius 1 is 1.17 bits per heavy atom. The van der Waals surface area contributed by atoms with Crippen LogP contribution in [0.5, 0.6) is 5.75 Å². The molecule has 2 aromatic carbocycles. The number of nitrogens with one attached hydrogen (secondary N) is 1. The maximum Gasteiger partial charge on any atom is 0.223 e. The van der Waals surface area contributed by atoms with Gasteiger partial charge >= 0.3 is 0 Å². The van der Waals surface area contributed by atoms with Crippen LogP contribution < -0.4 is 10.1 Å². The Morgan fingerprint density at radius 2 is 1.83 bits per heavy atom. The van der Waals surface area contributed by atoms with Crippen LogP contribution in [-0.4, -0.2) is 55.5 Å². The quantitative estimate of drug-likeness (QED) is 0.397. The minimum Gasteiger partial charge on any atom is -0.492 e. The van der Waals surface area contributed by atoms with Gasteiger partial charge in [0.2, 0.25) is 5.91 Å². The number of amides is 1. The molecule has 2 aromatic rings. The fraction of sp³-hybridized carbons (Fsp3) is 0.391. The van der Waals surface area contributed by atoms with E-state index in [0.29, 0.717) is 31.1 Å². The highest BCUT2D eigenvalue weighted by Gasteiger charge is 2.22. The molecule has 0 radical (unpaired) electrons. The van der Waals surface area contributed by atoms with E-state index < -0.39 is 0 Å². The molecule has 6 nitrogen and oxygen atoms in total. The second-order valence-electron chi connectivity index (χ2n) is 7.32. The Kier molecular flexibility index (Phi) is 7.97. The summed E-state index contributed by atoms with van der Waals surface area (Å²) in [6.07, 6.45) is 1.29. The van der Waals surface area contributed by atoms with Crippen LogP contribution in [0.1, 0.15) is 24.0 Å². The molecular weight excluding hydrogens is 400 g/mol. The van der Waals surface area contributed by atoms with Crippen LogP contribution in [0, 0.1) is 0 Å². The van der Waals surface area contributed by atoms with Gasteiger partial charge in [0, 0.05) is 45.2 Å². The van der Waals surface area contributed by atoms with Gasteiger partial charge in [0.25, 0.3) is 0 Å². The molecule has 1 aliphatic rings. The van der Waals surface area contributed by atoms with Crippen molar-refractivity contribution in [3.8, 4) is 5.75 Å².